The van der Waals surface area contributed by atoms with Crippen molar-refractivity contribution in [3.05, 3.63) is 199 Å². The normalized spacial score (nSPS) is 15.9. The van der Waals surface area contributed by atoms with E-state index in [1.165, 1.54) is 53.2 Å². The van der Waals surface area contributed by atoms with Crippen LogP contribution in [0.5, 0.6) is 0 Å². The van der Waals surface area contributed by atoms with E-state index in [9.17, 15) is 0 Å². The van der Waals surface area contributed by atoms with Crippen LogP contribution in [-0.4, -0.2) is 10.4 Å². The molecule has 5 nitrogen and oxygen atoms in total. The second kappa shape index (κ2) is 12.8. The molecule has 0 amide bonds. The highest BCUT2D eigenvalue weighted by Crippen LogP contribution is 2.47. The van der Waals surface area contributed by atoms with Gasteiger partial charge in [-0.25, -0.2) is 4.99 Å². The first kappa shape index (κ1) is 32.3. The van der Waals surface area contributed by atoms with E-state index in [0.29, 0.717) is 0 Å². The summed E-state index contributed by atoms with van der Waals surface area (Å²) in [6.07, 6.45) is -0.325. The Labute approximate surface area is 332 Å². The van der Waals surface area contributed by atoms with E-state index < -0.39 is 0 Å². The van der Waals surface area contributed by atoms with Gasteiger partial charge in [-0.1, -0.05) is 133 Å². The fourth-order valence-electron chi connectivity index (χ4n) is 8.97. The van der Waals surface area contributed by atoms with Crippen molar-refractivity contribution in [3.63, 3.8) is 0 Å². The van der Waals surface area contributed by atoms with Crippen LogP contribution in [0.2, 0.25) is 0 Å². The standard InChI is InChI=1S/C51H34N4OS/c1-3-14-31(15-4-1)49-52-50(32-16-5-2-6-17-32)54-51(53-49)33-28-29-38-43(30-33)56-42-25-11-20-36(46(38)42)37-21-12-26-44-47(37)48-41(24-13-27-45(48)57-44)55-39-22-9-7-18-34(39)35-19-8-10-23-40(35)55/h1-30,49-50,52H,(H,53,54). The lowest BCUT2D eigenvalue weighted by molar-refractivity contribution is 0.409. The first-order valence-corrected chi connectivity index (χ1v) is 20.2. The number of hydrogen-bond donors (Lipinski definition) is 2. The third-order valence-electron chi connectivity index (χ3n) is 11.5. The van der Waals surface area contributed by atoms with Crippen LogP contribution in [-0.2, 0) is 0 Å². The van der Waals surface area contributed by atoms with E-state index in [2.05, 4.69) is 185 Å². The Bertz CT molecular complexity index is 3320. The van der Waals surface area contributed by atoms with Gasteiger partial charge < -0.3 is 14.3 Å². The van der Waals surface area contributed by atoms with Gasteiger partial charge >= 0.3 is 0 Å². The van der Waals surface area contributed by atoms with E-state index in [4.69, 9.17) is 9.41 Å². The van der Waals surface area contributed by atoms with E-state index in [0.717, 1.165) is 50.0 Å². The summed E-state index contributed by atoms with van der Waals surface area (Å²) in [6.45, 7) is 0. The average Bonchev–Trinajstić information content (AvgIpc) is 3.96. The van der Waals surface area contributed by atoms with Gasteiger partial charge in [0.05, 0.1) is 16.7 Å². The van der Waals surface area contributed by atoms with Crippen LogP contribution < -0.4 is 10.6 Å². The van der Waals surface area contributed by atoms with Crippen molar-refractivity contribution in [1.82, 2.24) is 15.2 Å². The van der Waals surface area contributed by atoms with Crippen molar-refractivity contribution in [3.8, 4) is 16.8 Å². The minimum Gasteiger partial charge on any atom is -0.456 e. The Hall–Kier alpha value is -6.99. The van der Waals surface area contributed by atoms with Crippen molar-refractivity contribution in [1.29, 1.82) is 0 Å². The molecule has 1 aliphatic rings. The van der Waals surface area contributed by atoms with Crippen LogP contribution >= 0.6 is 11.3 Å². The average molecular weight is 751 g/mol. The molecule has 57 heavy (non-hydrogen) atoms. The van der Waals surface area contributed by atoms with Crippen molar-refractivity contribution < 1.29 is 4.42 Å². The molecule has 3 aromatic heterocycles. The van der Waals surface area contributed by atoms with Crippen molar-refractivity contribution in [2.24, 2.45) is 4.99 Å². The first-order valence-electron chi connectivity index (χ1n) is 19.4. The summed E-state index contributed by atoms with van der Waals surface area (Å²) in [5, 5.41) is 14.6. The zero-order chi connectivity index (χ0) is 37.5. The summed E-state index contributed by atoms with van der Waals surface area (Å²) in [7, 11) is 0. The summed E-state index contributed by atoms with van der Waals surface area (Å²) in [5.41, 5.74) is 10.9. The van der Waals surface area contributed by atoms with Crippen molar-refractivity contribution >= 4 is 81.1 Å². The number of rotatable bonds is 5. The number of hydrogen-bond acceptors (Lipinski definition) is 5. The maximum absolute atomic E-state index is 6.73. The smallest absolute Gasteiger partial charge is 0.136 e. The molecule has 0 saturated heterocycles. The van der Waals surface area contributed by atoms with Gasteiger partial charge in [-0.15, -0.1) is 11.3 Å². The zero-order valence-corrected chi connectivity index (χ0v) is 31.5. The molecule has 0 saturated carbocycles. The maximum Gasteiger partial charge on any atom is 0.136 e. The number of para-hydroxylation sites is 2. The van der Waals surface area contributed by atoms with Crippen LogP contribution in [0.3, 0.4) is 0 Å². The number of nitrogens with one attached hydrogen (secondary N) is 2. The number of aliphatic imine (C=N–C) groups is 1. The largest absolute Gasteiger partial charge is 0.456 e. The third-order valence-corrected chi connectivity index (χ3v) is 12.6. The summed E-state index contributed by atoms with van der Waals surface area (Å²) in [5.74, 6) is 0.825. The molecule has 2 unspecified atom stereocenters. The highest BCUT2D eigenvalue weighted by atomic mass is 32.1. The molecule has 0 aliphatic carbocycles. The van der Waals surface area contributed by atoms with Crippen LogP contribution in [0.4, 0.5) is 0 Å². The Morgan fingerprint density at radius 1 is 0.509 bits per heavy atom. The fourth-order valence-corrected chi connectivity index (χ4v) is 10.1. The number of aromatic nitrogens is 1. The molecular weight excluding hydrogens is 717 g/mol. The second-order valence-electron chi connectivity index (χ2n) is 14.7. The molecule has 0 bridgehead atoms. The van der Waals surface area contributed by atoms with Gasteiger partial charge in [0.15, 0.2) is 0 Å². The van der Waals surface area contributed by atoms with E-state index in [-0.39, 0.29) is 12.3 Å². The monoisotopic (exact) mass is 750 g/mol. The molecule has 2 atom stereocenters. The predicted molar refractivity (Wildman–Crippen MR) is 238 cm³/mol. The molecule has 0 fully saturated rings. The molecule has 12 rings (SSSR count). The van der Waals surface area contributed by atoms with E-state index >= 15 is 0 Å². The molecule has 4 heterocycles. The fraction of sp³-hybridized carbons (Fsp3) is 0.0392. The molecule has 0 radical (unpaired) electrons. The number of nitrogens with zero attached hydrogens (tertiary/aromatic N) is 2. The highest BCUT2D eigenvalue weighted by molar-refractivity contribution is 7.26. The van der Waals surface area contributed by atoms with Gasteiger partial charge in [-0.2, -0.15) is 0 Å². The summed E-state index contributed by atoms with van der Waals surface area (Å²) >= 11 is 1.86. The SMILES string of the molecule is c1ccc(C2N=C(c3ccc4c(c3)oc3cccc(-c5cccc6sc7cccc(-n8c9ccccc9c9ccccc98)c7c56)c34)NC(c3ccccc3)N2)cc1. The van der Waals surface area contributed by atoms with Crippen LogP contribution in [0.1, 0.15) is 29.0 Å². The molecule has 6 heteroatoms. The summed E-state index contributed by atoms with van der Waals surface area (Å²) in [6, 6.07) is 64.9. The molecule has 2 N–H and O–H groups in total. The summed E-state index contributed by atoms with van der Waals surface area (Å²) in [4.78, 5) is 5.20. The first-order chi connectivity index (χ1) is 28.3. The van der Waals surface area contributed by atoms with Crippen LogP contribution in [0, 0.1) is 0 Å². The molecule has 11 aromatic rings. The molecular formula is C51H34N4OS. The maximum atomic E-state index is 6.73. The number of fused-ring (bicyclic) bond motifs is 9. The lowest BCUT2D eigenvalue weighted by Crippen LogP contribution is -2.44. The minimum atomic E-state index is -0.209. The summed E-state index contributed by atoms with van der Waals surface area (Å²) < 4.78 is 11.7. The number of thiophene rings is 1. The van der Waals surface area contributed by atoms with Gasteiger partial charge in [0.1, 0.15) is 29.3 Å². The minimum absolute atomic E-state index is 0.116. The molecule has 270 valence electrons. The highest BCUT2D eigenvalue weighted by Gasteiger charge is 2.26. The van der Waals surface area contributed by atoms with Crippen molar-refractivity contribution in [2.75, 3.05) is 0 Å². The number of furan rings is 1. The number of amidine groups is 1. The lowest BCUT2D eigenvalue weighted by atomic mass is 9.94. The molecule has 0 spiro atoms. The van der Waals surface area contributed by atoms with Crippen LogP contribution in [0.15, 0.2) is 191 Å². The van der Waals surface area contributed by atoms with Crippen molar-refractivity contribution in [2.45, 2.75) is 12.3 Å². The van der Waals surface area contributed by atoms with Crippen LogP contribution in [0.25, 0.3) is 80.7 Å². The van der Waals surface area contributed by atoms with Gasteiger partial charge in [0.2, 0.25) is 0 Å². The molecule has 1 aliphatic heterocycles. The van der Waals surface area contributed by atoms with Gasteiger partial charge in [-0.05, 0) is 70.8 Å². The Kier molecular flexibility index (Phi) is 7.24. The van der Waals surface area contributed by atoms with E-state index in [1.54, 1.807) is 0 Å². The third kappa shape index (κ3) is 5.08. The quantitative estimate of drug-likeness (QED) is 0.184. The Morgan fingerprint density at radius 3 is 1.89 bits per heavy atom. The van der Waals surface area contributed by atoms with Gasteiger partial charge in [-0.3, -0.25) is 5.32 Å². The number of benzene rings is 8. The Balaban J connectivity index is 1.04. The second-order valence-corrected chi connectivity index (χ2v) is 15.8. The zero-order valence-electron chi connectivity index (χ0n) is 30.7. The predicted octanol–water partition coefficient (Wildman–Crippen LogP) is 13.1. The van der Waals surface area contributed by atoms with Gasteiger partial charge in [0, 0.05) is 47.3 Å². The molecule has 8 aromatic carbocycles. The lowest BCUT2D eigenvalue weighted by Gasteiger charge is -2.32. The Morgan fingerprint density at radius 2 is 1.14 bits per heavy atom. The van der Waals surface area contributed by atoms with Gasteiger partial charge in [0.25, 0.3) is 0 Å². The topological polar surface area (TPSA) is 54.5 Å². The van der Waals surface area contributed by atoms with E-state index in [1.807, 2.05) is 23.5 Å².